The zero-order valence-corrected chi connectivity index (χ0v) is 21.1. The van der Waals surface area contributed by atoms with Crippen molar-refractivity contribution in [3.63, 3.8) is 0 Å². The average Bonchev–Trinajstić information content (AvgIpc) is 3.05. The number of amides is 2. The van der Waals surface area contributed by atoms with Gasteiger partial charge >= 0.3 is 0 Å². The molecule has 1 fully saturated rings. The minimum atomic E-state index is -3.22. The quantitative estimate of drug-likeness (QED) is 0.500. The summed E-state index contributed by atoms with van der Waals surface area (Å²) in [7, 11) is 0. The van der Waals surface area contributed by atoms with Crippen LogP contribution in [-0.4, -0.2) is 45.0 Å². The van der Waals surface area contributed by atoms with Crippen LogP contribution >= 0.6 is 0 Å². The standard InChI is InChI=1S/C27H30F2N4O4/c1-25(2)13-20(34)33(24(30)32-25)18-12-27(28,29)17-10-9-14(11-16(17)18)23(36)31-21-15-7-5-6-8-19(15)37-26(3,4)22(21)35/h5-11,18,21-22,35H,12-13H2,1-4H3,(H2,30,32)(H,31,36)/t18?,21-,22+/m1/s1. The molecule has 2 aromatic rings. The Morgan fingerprint density at radius 3 is 2.57 bits per heavy atom. The number of carbonyl (C=O) groups excluding carboxylic acids is 2. The number of aliphatic hydroxyl groups excluding tert-OH is 1. The lowest BCUT2D eigenvalue weighted by molar-refractivity contribution is -0.133. The van der Waals surface area contributed by atoms with E-state index in [1.54, 1.807) is 52.0 Å². The van der Waals surface area contributed by atoms with Crippen LogP contribution in [0.2, 0.25) is 0 Å². The first-order chi connectivity index (χ1) is 17.2. The zero-order valence-electron chi connectivity index (χ0n) is 21.1. The maximum atomic E-state index is 15.0. The molecule has 1 unspecified atom stereocenters. The third kappa shape index (κ3) is 4.22. The molecule has 1 saturated heterocycles. The van der Waals surface area contributed by atoms with Crippen LogP contribution in [0, 0.1) is 5.41 Å². The lowest BCUT2D eigenvalue weighted by atomic mass is 9.86. The number of guanidine groups is 1. The molecular weight excluding hydrogens is 482 g/mol. The van der Waals surface area contributed by atoms with Crippen LogP contribution in [0.15, 0.2) is 42.5 Å². The second-order valence-electron chi connectivity index (χ2n) is 11.2. The van der Waals surface area contributed by atoms with Gasteiger partial charge in [-0.1, -0.05) is 24.3 Å². The number of nitrogens with zero attached hydrogens (tertiary/aromatic N) is 1. The first kappa shape index (κ1) is 25.1. The van der Waals surface area contributed by atoms with Crippen LogP contribution in [0.25, 0.3) is 0 Å². The van der Waals surface area contributed by atoms with Gasteiger partial charge in [-0.15, -0.1) is 0 Å². The van der Waals surface area contributed by atoms with Gasteiger partial charge in [-0.3, -0.25) is 19.9 Å². The molecule has 2 aromatic carbocycles. The molecular formula is C27H30F2N4O4. The van der Waals surface area contributed by atoms with Crippen molar-refractivity contribution in [2.75, 3.05) is 0 Å². The van der Waals surface area contributed by atoms with Crippen molar-refractivity contribution < 1.29 is 28.2 Å². The van der Waals surface area contributed by atoms with Gasteiger partial charge in [0.25, 0.3) is 11.8 Å². The van der Waals surface area contributed by atoms with E-state index in [1.807, 2.05) is 0 Å². The Hall–Kier alpha value is -3.53. The van der Waals surface area contributed by atoms with Gasteiger partial charge in [-0.25, -0.2) is 8.78 Å². The number of halogens is 2. The van der Waals surface area contributed by atoms with Gasteiger partial charge in [-0.05, 0) is 51.5 Å². The van der Waals surface area contributed by atoms with E-state index in [1.165, 1.54) is 18.2 Å². The SMILES string of the molecule is CC1(C)CC(=O)N(C2CC(F)(F)c3ccc(C(=O)N[C@@H]4c5ccccc5OC(C)(C)[C@H]4O)cc32)C(=N)N1. The fourth-order valence-electron chi connectivity index (χ4n) is 5.48. The van der Waals surface area contributed by atoms with Crippen molar-refractivity contribution >= 4 is 17.8 Å². The number of carbonyl (C=O) groups is 2. The maximum Gasteiger partial charge on any atom is 0.275 e. The lowest BCUT2D eigenvalue weighted by Crippen LogP contribution is -2.60. The van der Waals surface area contributed by atoms with Crippen LogP contribution in [0.5, 0.6) is 5.75 Å². The molecule has 196 valence electrons. The van der Waals surface area contributed by atoms with Gasteiger partial charge in [-0.2, -0.15) is 0 Å². The number of nitrogens with one attached hydrogen (secondary N) is 3. The largest absolute Gasteiger partial charge is 0.485 e. The number of hydrogen-bond donors (Lipinski definition) is 4. The summed E-state index contributed by atoms with van der Waals surface area (Å²) in [5.74, 6) is -3.92. The Morgan fingerprint density at radius 2 is 1.86 bits per heavy atom. The number of para-hydroxylation sites is 1. The minimum Gasteiger partial charge on any atom is -0.485 e. The molecule has 0 aromatic heterocycles. The van der Waals surface area contributed by atoms with Crippen LogP contribution in [0.1, 0.15) is 79.7 Å². The number of benzene rings is 2. The topological polar surface area (TPSA) is 115 Å². The summed E-state index contributed by atoms with van der Waals surface area (Å²) in [5.41, 5.74) is -1.06. The molecule has 0 radical (unpaired) electrons. The van der Waals surface area contributed by atoms with Gasteiger partial charge < -0.3 is 20.5 Å². The van der Waals surface area contributed by atoms with Crippen molar-refractivity contribution in [2.45, 2.75) is 75.8 Å². The molecule has 2 amide bonds. The van der Waals surface area contributed by atoms with Crippen LogP contribution in [-0.2, 0) is 10.7 Å². The van der Waals surface area contributed by atoms with E-state index in [9.17, 15) is 23.5 Å². The van der Waals surface area contributed by atoms with Crippen molar-refractivity contribution in [3.05, 3.63) is 64.7 Å². The van der Waals surface area contributed by atoms with E-state index >= 15 is 0 Å². The van der Waals surface area contributed by atoms with Crippen molar-refractivity contribution in [2.24, 2.45) is 0 Å². The van der Waals surface area contributed by atoms with E-state index in [0.29, 0.717) is 11.3 Å². The number of aliphatic hydroxyl groups is 1. The molecule has 2 aliphatic heterocycles. The molecule has 0 bridgehead atoms. The van der Waals surface area contributed by atoms with Crippen LogP contribution in [0.4, 0.5) is 8.78 Å². The van der Waals surface area contributed by atoms with Gasteiger partial charge in [0.1, 0.15) is 17.5 Å². The molecule has 0 saturated carbocycles. The first-order valence-electron chi connectivity index (χ1n) is 12.2. The maximum absolute atomic E-state index is 15.0. The fraction of sp³-hybridized carbons (Fsp3) is 0.444. The summed E-state index contributed by atoms with van der Waals surface area (Å²) in [6.07, 6.45) is -1.70. The number of hydrogen-bond acceptors (Lipinski definition) is 5. The molecule has 3 atom stereocenters. The number of fused-ring (bicyclic) bond motifs is 2. The highest BCUT2D eigenvalue weighted by Gasteiger charge is 2.51. The van der Waals surface area contributed by atoms with E-state index in [0.717, 1.165) is 4.90 Å². The fourth-order valence-corrected chi connectivity index (χ4v) is 5.48. The lowest BCUT2D eigenvalue weighted by Gasteiger charge is -2.42. The van der Waals surface area contributed by atoms with E-state index in [4.69, 9.17) is 10.1 Å². The zero-order chi connectivity index (χ0) is 26.9. The molecule has 0 spiro atoms. The first-order valence-corrected chi connectivity index (χ1v) is 12.2. The molecule has 4 N–H and O–H groups in total. The second-order valence-corrected chi connectivity index (χ2v) is 11.2. The highest BCUT2D eigenvalue weighted by Crippen LogP contribution is 2.50. The van der Waals surface area contributed by atoms with E-state index in [-0.39, 0.29) is 29.1 Å². The summed E-state index contributed by atoms with van der Waals surface area (Å²) < 4.78 is 35.9. The average molecular weight is 513 g/mol. The number of ether oxygens (including phenoxy) is 1. The molecule has 37 heavy (non-hydrogen) atoms. The summed E-state index contributed by atoms with van der Waals surface area (Å²) in [6, 6.07) is 9.08. The molecule has 3 aliphatic rings. The third-order valence-corrected chi connectivity index (χ3v) is 7.33. The molecule has 2 heterocycles. The van der Waals surface area contributed by atoms with Gasteiger partial charge in [0, 0.05) is 35.1 Å². The number of rotatable bonds is 3. The molecule has 10 heteroatoms. The Labute approximate surface area is 213 Å². The molecule has 1 aliphatic carbocycles. The third-order valence-electron chi connectivity index (χ3n) is 7.33. The minimum absolute atomic E-state index is 0.0454. The van der Waals surface area contributed by atoms with Crippen molar-refractivity contribution in [3.8, 4) is 5.75 Å². The van der Waals surface area contributed by atoms with Crippen molar-refractivity contribution in [1.29, 1.82) is 5.41 Å². The summed E-state index contributed by atoms with van der Waals surface area (Å²) in [6.45, 7) is 6.96. The monoisotopic (exact) mass is 512 g/mol. The molecule has 5 rings (SSSR count). The second kappa shape index (κ2) is 8.24. The Morgan fingerprint density at radius 1 is 1.16 bits per heavy atom. The Bertz CT molecular complexity index is 1290. The Kier molecular flexibility index (Phi) is 5.60. The normalized spacial score (nSPS) is 27.0. The number of alkyl halides is 2. The predicted molar refractivity (Wildman–Crippen MR) is 131 cm³/mol. The Balaban J connectivity index is 1.47. The van der Waals surface area contributed by atoms with Gasteiger partial charge in [0.05, 0.1) is 12.1 Å². The summed E-state index contributed by atoms with van der Waals surface area (Å²) in [4.78, 5) is 27.3. The highest BCUT2D eigenvalue weighted by molar-refractivity contribution is 6.00. The highest BCUT2D eigenvalue weighted by atomic mass is 19.3. The molecule has 8 nitrogen and oxygen atoms in total. The van der Waals surface area contributed by atoms with E-state index in [2.05, 4.69) is 10.6 Å². The van der Waals surface area contributed by atoms with Crippen LogP contribution in [0.3, 0.4) is 0 Å². The van der Waals surface area contributed by atoms with E-state index < -0.39 is 53.5 Å². The smallest absolute Gasteiger partial charge is 0.275 e. The van der Waals surface area contributed by atoms with Crippen LogP contribution < -0.4 is 15.4 Å². The summed E-state index contributed by atoms with van der Waals surface area (Å²) in [5, 5.41) is 25.0. The van der Waals surface area contributed by atoms with Gasteiger partial charge in [0.15, 0.2) is 5.96 Å². The predicted octanol–water partition coefficient (Wildman–Crippen LogP) is 3.76. The van der Waals surface area contributed by atoms with Gasteiger partial charge in [0.2, 0.25) is 5.91 Å². The summed E-state index contributed by atoms with van der Waals surface area (Å²) >= 11 is 0. The van der Waals surface area contributed by atoms with Crippen molar-refractivity contribution in [1.82, 2.24) is 15.5 Å².